The Morgan fingerprint density at radius 3 is 2.71 bits per heavy atom. The molecule has 0 aliphatic heterocycles. The van der Waals surface area contributed by atoms with Gasteiger partial charge in [-0.1, -0.05) is 6.07 Å². The molecule has 0 aliphatic rings. The lowest BCUT2D eigenvalue weighted by molar-refractivity contribution is 0.415. The first-order valence-electron chi connectivity index (χ1n) is 6.20. The molecule has 21 heavy (non-hydrogen) atoms. The van der Waals surface area contributed by atoms with Gasteiger partial charge < -0.3 is 15.2 Å². The lowest BCUT2D eigenvalue weighted by Gasteiger charge is -2.08. The van der Waals surface area contributed by atoms with Crippen LogP contribution in [0.3, 0.4) is 0 Å². The summed E-state index contributed by atoms with van der Waals surface area (Å²) in [6.07, 6.45) is 1.61. The number of phenols is 1. The van der Waals surface area contributed by atoms with Crippen molar-refractivity contribution in [2.75, 3.05) is 12.4 Å². The molecule has 6 heteroatoms. The van der Waals surface area contributed by atoms with Crippen LogP contribution in [0.5, 0.6) is 11.5 Å². The van der Waals surface area contributed by atoms with Gasteiger partial charge in [-0.15, -0.1) is 0 Å². The van der Waals surface area contributed by atoms with Crippen molar-refractivity contribution in [1.29, 1.82) is 0 Å². The number of aromatic hydroxyl groups is 1. The average Bonchev–Trinajstić information content (AvgIpc) is 2.49. The summed E-state index contributed by atoms with van der Waals surface area (Å²) < 4.78 is 5.13. The summed E-state index contributed by atoms with van der Waals surface area (Å²) in [5.41, 5.74) is 4.38. The van der Waals surface area contributed by atoms with Gasteiger partial charge in [0, 0.05) is 11.8 Å². The molecule has 5 nitrogen and oxygen atoms in total. The third-order valence-corrected chi connectivity index (χ3v) is 2.79. The number of hydrogen-bond acceptors (Lipinski definition) is 4. The second kappa shape index (κ2) is 7.25. The van der Waals surface area contributed by atoms with Gasteiger partial charge in [-0.3, -0.25) is 5.43 Å². The highest BCUT2D eigenvalue weighted by molar-refractivity contribution is 7.80. The number of hydrazone groups is 1. The largest absolute Gasteiger partial charge is 0.508 e. The summed E-state index contributed by atoms with van der Waals surface area (Å²) in [6.45, 7) is 0. The summed E-state index contributed by atoms with van der Waals surface area (Å²) in [5, 5.41) is 16.6. The van der Waals surface area contributed by atoms with Crippen LogP contribution in [0.1, 0.15) is 5.56 Å². The molecule has 2 rings (SSSR count). The zero-order chi connectivity index (χ0) is 15.1. The molecule has 0 heterocycles. The molecule has 0 atom stereocenters. The van der Waals surface area contributed by atoms with E-state index in [1.54, 1.807) is 37.6 Å². The van der Waals surface area contributed by atoms with E-state index in [0.29, 0.717) is 5.11 Å². The van der Waals surface area contributed by atoms with E-state index in [4.69, 9.17) is 17.0 Å². The molecule has 0 bridgehead atoms. The molecule has 3 N–H and O–H groups in total. The van der Waals surface area contributed by atoms with Gasteiger partial charge in [0.15, 0.2) is 5.11 Å². The fourth-order valence-electron chi connectivity index (χ4n) is 1.59. The van der Waals surface area contributed by atoms with Crippen LogP contribution in [0.15, 0.2) is 53.6 Å². The van der Waals surface area contributed by atoms with Crippen LogP contribution < -0.4 is 15.5 Å². The van der Waals surface area contributed by atoms with E-state index in [1.807, 2.05) is 24.3 Å². The number of methoxy groups -OCH3 is 1. The number of rotatable bonds is 4. The molecule has 0 amide bonds. The Bertz CT molecular complexity index is 642. The van der Waals surface area contributed by atoms with Crippen LogP contribution in [0.4, 0.5) is 5.69 Å². The van der Waals surface area contributed by atoms with Crippen LogP contribution in [0, 0.1) is 0 Å². The van der Waals surface area contributed by atoms with Crippen LogP contribution in [-0.2, 0) is 0 Å². The van der Waals surface area contributed by atoms with Gasteiger partial charge in [-0.2, -0.15) is 5.10 Å². The van der Waals surface area contributed by atoms with Gasteiger partial charge in [-0.05, 0) is 54.2 Å². The number of benzene rings is 2. The maximum absolute atomic E-state index is 9.18. The highest BCUT2D eigenvalue weighted by Crippen LogP contribution is 2.16. The number of anilines is 1. The van der Waals surface area contributed by atoms with E-state index < -0.39 is 0 Å². The van der Waals surface area contributed by atoms with Crippen molar-refractivity contribution < 1.29 is 9.84 Å². The number of hydrogen-bond donors (Lipinski definition) is 3. The van der Waals surface area contributed by atoms with Crippen molar-refractivity contribution in [1.82, 2.24) is 5.43 Å². The summed E-state index contributed by atoms with van der Waals surface area (Å²) in [6, 6.07) is 14.1. The average molecular weight is 301 g/mol. The zero-order valence-electron chi connectivity index (χ0n) is 11.4. The monoisotopic (exact) mass is 301 g/mol. The van der Waals surface area contributed by atoms with Crippen LogP contribution in [-0.4, -0.2) is 23.5 Å². The van der Waals surface area contributed by atoms with Gasteiger partial charge in [0.25, 0.3) is 0 Å². The van der Waals surface area contributed by atoms with Crippen molar-refractivity contribution in [2.24, 2.45) is 5.10 Å². The van der Waals surface area contributed by atoms with Crippen molar-refractivity contribution >= 4 is 29.2 Å². The fraction of sp³-hybridized carbons (Fsp3) is 0.0667. The quantitative estimate of drug-likeness (QED) is 0.460. The van der Waals surface area contributed by atoms with E-state index in [2.05, 4.69) is 15.8 Å². The van der Waals surface area contributed by atoms with E-state index >= 15 is 0 Å². The minimum Gasteiger partial charge on any atom is -0.508 e. The molecule has 2 aromatic carbocycles. The minimum absolute atomic E-state index is 0.218. The fourth-order valence-corrected chi connectivity index (χ4v) is 1.76. The third-order valence-electron chi connectivity index (χ3n) is 2.60. The van der Waals surface area contributed by atoms with Gasteiger partial charge in [-0.25, -0.2) is 0 Å². The molecule has 0 saturated heterocycles. The number of phenolic OH excluding ortho intramolecular Hbond substituents is 1. The van der Waals surface area contributed by atoms with Gasteiger partial charge in [0.2, 0.25) is 0 Å². The SMILES string of the molecule is COc1cccc(NC(=S)NN=Cc2ccc(O)cc2)c1. The Morgan fingerprint density at radius 2 is 2.00 bits per heavy atom. The van der Waals surface area contributed by atoms with Crippen LogP contribution in [0.2, 0.25) is 0 Å². The summed E-state index contributed by atoms with van der Waals surface area (Å²) in [7, 11) is 1.61. The zero-order valence-corrected chi connectivity index (χ0v) is 12.2. The van der Waals surface area contributed by atoms with Crippen molar-refractivity contribution in [3.05, 3.63) is 54.1 Å². The third kappa shape index (κ3) is 4.77. The number of ether oxygens (including phenoxy) is 1. The Balaban J connectivity index is 1.88. The first-order chi connectivity index (χ1) is 10.2. The molecule has 0 saturated carbocycles. The Morgan fingerprint density at radius 1 is 1.24 bits per heavy atom. The van der Waals surface area contributed by atoms with Gasteiger partial charge in [0.1, 0.15) is 11.5 Å². The van der Waals surface area contributed by atoms with Crippen molar-refractivity contribution in [3.63, 3.8) is 0 Å². The Hall–Kier alpha value is -2.60. The molecule has 0 aromatic heterocycles. The highest BCUT2D eigenvalue weighted by atomic mass is 32.1. The minimum atomic E-state index is 0.218. The second-order valence-corrected chi connectivity index (χ2v) is 4.56. The summed E-state index contributed by atoms with van der Waals surface area (Å²) >= 11 is 5.13. The maximum Gasteiger partial charge on any atom is 0.191 e. The van der Waals surface area contributed by atoms with Crippen LogP contribution >= 0.6 is 12.2 Å². The van der Waals surface area contributed by atoms with Crippen LogP contribution in [0.25, 0.3) is 0 Å². The molecule has 0 spiro atoms. The highest BCUT2D eigenvalue weighted by Gasteiger charge is 1.98. The summed E-state index contributed by atoms with van der Waals surface area (Å²) in [5.74, 6) is 0.964. The Kier molecular flexibility index (Phi) is 5.11. The number of nitrogens with one attached hydrogen (secondary N) is 2. The molecule has 2 aromatic rings. The number of thiocarbonyl (C=S) groups is 1. The standard InChI is InChI=1S/C15H15N3O2S/c1-20-14-4-2-3-12(9-14)17-15(21)18-16-10-11-5-7-13(19)8-6-11/h2-10,19H,1H3,(H2,17,18,21). The van der Waals surface area contributed by atoms with Crippen molar-refractivity contribution in [3.8, 4) is 11.5 Å². The predicted octanol–water partition coefficient (Wildman–Crippen LogP) is 2.72. The molecule has 0 fully saturated rings. The predicted molar refractivity (Wildman–Crippen MR) is 88.1 cm³/mol. The van der Waals surface area contributed by atoms with E-state index in [-0.39, 0.29) is 5.75 Å². The normalized spacial score (nSPS) is 10.3. The molecule has 0 aliphatic carbocycles. The molecule has 108 valence electrons. The maximum atomic E-state index is 9.18. The smallest absolute Gasteiger partial charge is 0.191 e. The van der Waals surface area contributed by atoms with Gasteiger partial charge in [0.05, 0.1) is 13.3 Å². The van der Waals surface area contributed by atoms with E-state index in [0.717, 1.165) is 17.0 Å². The lowest BCUT2D eigenvalue weighted by atomic mass is 10.2. The molecule has 0 radical (unpaired) electrons. The number of nitrogens with zero attached hydrogens (tertiary/aromatic N) is 1. The molecular formula is C15H15N3O2S. The first kappa shape index (κ1) is 14.8. The second-order valence-electron chi connectivity index (χ2n) is 4.15. The van der Waals surface area contributed by atoms with E-state index in [1.165, 1.54) is 0 Å². The lowest BCUT2D eigenvalue weighted by Crippen LogP contribution is -2.23. The molecule has 0 unspecified atom stereocenters. The molecular weight excluding hydrogens is 286 g/mol. The Labute approximate surface area is 128 Å². The van der Waals surface area contributed by atoms with Gasteiger partial charge >= 0.3 is 0 Å². The van der Waals surface area contributed by atoms with E-state index in [9.17, 15) is 5.11 Å². The summed E-state index contributed by atoms with van der Waals surface area (Å²) in [4.78, 5) is 0. The first-order valence-corrected chi connectivity index (χ1v) is 6.61. The van der Waals surface area contributed by atoms with Crippen molar-refractivity contribution in [2.45, 2.75) is 0 Å². The topological polar surface area (TPSA) is 65.9 Å².